The number of ether oxygens (including phenoxy) is 2. The topological polar surface area (TPSA) is 116 Å². The molecule has 0 saturated carbocycles. The van der Waals surface area contributed by atoms with Crippen molar-refractivity contribution in [1.82, 2.24) is 30.2 Å². The molecule has 11 heteroatoms. The van der Waals surface area contributed by atoms with Crippen molar-refractivity contribution in [3.05, 3.63) is 216 Å². The van der Waals surface area contributed by atoms with Gasteiger partial charge in [-0.1, -0.05) is 116 Å². The molecule has 0 bridgehead atoms. The molecule has 2 amide bonds. The largest absolute Gasteiger partial charge is 0.494 e. The Morgan fingerprint density at radius 1 is 0.514 bits per heavy atom. The average Bonchev–Trinajstić information content (AvgIpc) is 4.10. The molecule has 2 aromatic heterocycles. The third kappa shape index (κ3) is 15.5. The van der Waals surface area contributed by atoms with E-state index in [0.29, 0.717) is 13.2 Å². The Morgan fingerprint density at radius 3 is 1.38 bits per heavy atom. The first-order chi connectivity index (χ1) is 35.6. The van der Waals surface area contributed by atoms with Crippen LogP contribution in [0.1, 0.15) is 92.2 Å². The van der Waals surface area contributed by atoms with Crippen LogP contribution in [0.25, 0.3) is 44.1 Å². The first kappa shape index (κ1) is 55.4. The van der Waals surface area contributed by atoms with Crippen LogP contribution in [0.2, 0.25) is 0 Å². The van der Waals surface area contributed by atoms with Crippen LogP contribution in [0.15, 0.2) is 182 Å². The highest BCUT2D eigenvalue weighted by molar-refractivity contribution is 6.01. The van der Waals surface area contributed by atoms with E-state index in [1.54, 1.807) is 50.1 Å². The first-order valence-electron chi connectivity index (χ1n) is 25.2. The molecule has 74 heavy (non-hydrogen) atoms. The van der Waals surface area contributed by atoms with Crippen LogP contribution in [0, 0.1) is 0 Å². The van der Waals surface area contributed by atoms with Crippen LogP contribution in [0.5, 0.6) is 11.5 Å². The lowest BCUT2D eigenvalue weighted by molar-refractivity contribution is -0.124. The highest BCUT2D eigenvalue weighted by atomic mass is 35.5. The van der Waals surface area contributed by atoms with Crippen molar-refractivity contribution in [2.45, 2.75) is 58.8 Å². The van der Waals surface area contributed by atoms with Gasteiger partial charge in [-0.3, -0.25) is 19.8 Å². The molecular formula is C63H69ClN6O4. The van der Waals surface area contributed by atoms with Gasteiger partial charge in [-0.25, -0.2) is 0 Å². The molecule has 2 N–H and O–H groups in total. The number of hydrogen-bond donors (Lipinski definition) is 2. The van der Waals surface area contributed by atoms with Crippen molar-refractivity contribution in [2.24, 2.45) is 0 Å². The molecule has 0 aliphatic rings. The minimum absolute atomic E-state index is 0. The van der Waals surface area contributed by atoms with Gasteiger partial charge in [0, 0.05) is 39.0 Å². The molecule has 0 fully saturated rings. The summed E-state index contributed by atoms with van der Waals surface area (Å²) in [6.45, 7) is 5.69. The standard InChI is InChI=1S/C32H35N3O2.C31H33N3O2.ClH/c1-4-29(24-12-8-7-9-13-24)32(26-17-20-30-27(22-26)23-33-34-30)25-15-18-28(19-16-25)37-21-11-6-5-10-14-31(36)35(2)3;1-23(24-11-7-6-8-12-24)31(26-16-19-29-27(21-26)22-32-33-29)25-14-17-28(18-15-25)36-20-10-5-4-9-13-30(35)34(2)3;/h7-10,12-20,22-23H,4-6,11,21H2,1-3H3,(H,33,34);6-9,11-19,21-22H,4-5,10,20H2,1-3H3,(H,32,33);1H/b14-10+,32-29+;13-9+,31-23+;. The minimum atomic E-state index is 0. The zero-order chi connectivity index (χ0) is 51.4. The zero-order valence-corrected chi connectivity index (χ0v) is 44.3. The molecule has 0 aliphatic carbocycles. The molecule has 0 saturated heterocycles. The normalized spacial score (nSPS) is 11.9. The Balaban J connectivity index is 0.000000238. The van der Waals surface area contributed by atoms with Gasteiger partial charge in [-0.2, -0.15) is 10.2 Å². The van der Waals surface area contributed by atoms with Crippen molar-refractivity contribution >= 4 is 68.3 Å². The molecule has 0 spiro atoms. The maximum Gasteiger partial charge on any atom is 0.245 e. The van der Waals surface area contributed by atoms with Crippen LogP contribution < -0.4 is 9.47 Å². The highest BCUT2D eigenvalue weighted by Crippen LogP contribution is 2.37. The van der Waals surface area contributed by atoms with E-state index in [2.05, 4.69) is 162 Å². The van der Waals surface area contributed by atoms with Crippen LogP contribution in [0.4, 0.5) is 0 Å². The molecule has 8 aromatic rings. The van der Waals surface area contributed by atoms with Gasteiger partial charge in [-0.15, -0.1) is 12.4 Å². The van der Waals surface area contributed by atoms with Gasteiger partial charge < -0.3 is 19.3 Å². The van der Waals surface area contributed by atoms with Crippen molar-refractivity contribution in [3.8, 4) is 11.5 Å². The fraction of sp³-hybridized carbons (Fsp3) is 0.238. The Hall–Kier alpha value is -7.95. The number of aromatic amines is 2. The third-order valence-corrected chi connectivity index (χ3v) is 12.6. The average molecular weight is 1010 g/mol. The highest BCUT2D eigenvalue weighted by Gasteiger charge is 2.16. The van der Waals surface area contributed by atoms with Crippen LogP contribution >= 0.6 is 12.4 Å². The summed E-state index contributed by atoms with van der Waals surface area (Å²) in [5.74, 6) is 1.77. The monoisotopic (exact) mass is 1010 g/mol. The first-order valence-corrected chi connectivity index (χ1v) is 25.2. The van der Waals surface area contributed by atoms with Gasteiger partial charge in [0.2, 0.25) is 11.8 Å². The van der Waals surface area contributed by atoms with E-state index < -0.39 is 0 Å². The van der Waals surface area contributed by atoms with Crippen LogP contribution in [-0.4, -0.2) is 83.4 Å². The van der Waals surface area contributed by atoms with Gasteiger partial charge in [-0.05, 0) is 168 Å². The van der Waals surface area contributed by atoms with Crippen molar-refractivity contribution in [3.63, 3.8) is 0 Å². The van der Waals surface area contributed by atoms with Gasteiger partial charge >= 0.3 is 0 Å². The SMILES string of the molecule is C/C(=C(/c1ccc(OCCCC/C=C/C(=O)N(C)C)cc1)c1ccc2[nH]ncc2c1)c1ccccc1.CC/C(=C(/c1ccc(OCCCC/C=C/C(=O)N(C)C)cc1)c1ccc2[nH]ncc2c1)c1ccccc1.Cl. The van der Waals surface area contributed by atoms with Gasteiger partial charge in [0.25, 0.3) is 0 Å². The molecular weight excluding hydrogens is 940 g/mol. The number of aromatic nitrogens is 4. The molecule has 0 unspecified atom stereocenters. The molecule has 0 atom stereocenters. The molecule has 2 heterocycles. The van der Waals surface area contributed by atoms with Crippen molar-refractivity contribution in [1.29, 1.82) is 0 Å². The fourth-order valence-corrected chi connectivity index (χ4v) is 8.52. The van der Waals surface area contributed by atoms with Crippen LogP contribution in [-0.2, 0) is 9.59 Å². The number of likely N-dealkylation sites (N-methyl/N-ethyl adjacent to an activating group) is 2. The van der Waals surface area contributed by atoms with E-state index in [4.69, 9.17) is 9.47 Å². The maximum absolute atomic E-state index is 11.6. The van der Waals surface area contributed by atoms with E-state index >= 15 is 0 Å². The summed E-state index contributed by atoms with van der Waals surface area (Å²) in [5, 5.41) is 16.6. The number of carbonyl (C=O) groups excluding carboxylic acids is 2. The molecule has 382 valence electrons. The number of rotatable bonds is 21. The Kier molecular flexibility index (Phi) is 21.2. The summed E-state index contributed by atoms with van der Waals surface area (Å²) in [5.41, 5.74) is 14.0. The second-order valence-electron chi connectivity index (χ2n) is 18.3. The predicted octanol–water partition coefficient (Wildman–Crippen LogP) is 14.3. The molecule has 8 rings (SSSR count). The number of amides is 2. The summed E-state index contributed by atoms with van der Waals surface area (Å²) >= 11 is 0. The molecule has 10 nitrogen and oxygen atoms in total. The van der Waals surface area contributed by atoms with E-state index in [1.165, 1.54) is 39.0 Å². The molecule has 6 aromatic carbocycles. The third-order valence-electron chi connectivity index (χ3n) is 12.6. The lowest BCUT2D eigenvalue weighted by Crippen LogP contribution is -2.18. The summed E-state index contributed by atoms with van der Waals surface area (Å²) in [6.07, 6.45) is 17.4. The second-order valence-corrected chi connectivity index (χ2v) is 18.3. The summed E-state index contributed by atoms with van der Waals surface area (Å²) in [6, 6.07) is 50.7. The fourth-order valence-electron chi connectivity index (χ4n) is 8.52. The minimum Gasteiger partial charge on any atom is -0.494 e. The lowest BCUT2D eigenvalue weighted by Gasteiger charge is -2.17. The number of carbonyl (C=O) groups is 2. The van der Waals surface area contributed by atoms with E-state index in [9.17, 15) is 9.59 Å². The Labute approximate surface area is 442 Å². The number of nitrogens with one attached hydrogen (secondary N) is 2. The number of benzene rings is 6. The summed E-state index contributed by atoms with van der Waals surface area (Å²) in [4.78, 5) is 26.3. The lowest BCUT2D eigenvalue weighted by atomic mass is 9.88. The zero-order valence-electron chi connectivity index (χ0n) is 43.5. The van der Waals surface area contributed by atoms with Gasteiger partial charge in [0.05, 0.1) is 36.6 Å². The number of halogens is 1. The quantitative estimate of drug-likeness (QED) is 0.0421. The predicted molar refractivity (Wildman–Crippen MR) is 307 cm³/mol. The van der Waals surface area contributed by atoms with E-state index in [-0.39, 0.29) is 24.2 Å². The van der Waals surface area contributed by atoms with Crippen LogP contribution in [0.3, 0.4) is 0 Å². The number of hydrogen-bond acceptors (Lipinski definition) is 6. The number of H-pyrrole nitrogens is 2. The number of nitrogens with zero attached hydrogens (tertiary/aromatic N) is 4. The number of allylic oxidation sites excluding steroid dienone is 4. The van der Waals surface area contributed by atoms with E-state index in [1.807, 2.05) is 42.7 Å². The van der Waals surface area contributed by atoms with Gasteiger partial charge in [0.1, 0.15) is 11.5 Å². The summed E-state index contributed by atoms with van der Waals surface area (Å²) in [7, 11) is 7.03. The van der Waals surface area contributed by atoms with Crippen molar-refractivity contribution < 1.29 is 19.1 Å². The van der Waals surface area contributed by atoms with Gasteiger partial charge in [0.15, 0.2) is 0 Å². The summed E-state index contributed by atoms with van der Waals surface area (Å²) < 4.78 is 12.0. The Bertz CT molecular complexity index is 3150. The second kappa shape index (κ2) is 28.3. The Morgan fingerprint density at radius 2 is 0.932 bits per heavy atom. The maximum atomic E-state index is 11.6. The van der Waals surface area contributed by atoms with Crippen molar-refractivity contribution in [2.75, 3.05) is 41.4 Å². The van der Waals surface area contributed by atoms with E-state index in [0.717, 1.165) is 94.9 Å². The number of fused-ring (bicyclic) bond motifs is 2. The number of unbranched alkanes of at least 4 members (excludes halogenated alkanes) is 4. The molecule has 0 aliphatic heterocycles. The molecule has 0 radical (unpaired) electrons. The smallest absolute Gasteiger partial charge is 0.245 e.